The van der Waals surface area contributed by atoms with Crippen LogP contribution in [0.5, 0.6) is 0 Å². The molecule has 0 aliphatic rings. The zero-order chi connectivity index (χ0) is 12.4. The lowest BCUT2D eigenvalue weighted by Crippen LogP contribution is -2.02. The van der Waals surface area contributed by atoms with Crippen molar-refractivity contribution in [3.63, 3.8) is 0 Å². The first-order valence-electron chi connectivity index (χ1n) is 5.15. The molecule has 2 aromatic rings. The molecule has 0 saturated heterocycles. The zero-order valence-electron chi connectivity index (χ0n) is 9.21. The molecule has 0 aliphatic carbocycles. The van der Waals surface area contributed by atoms with Crippen molar-refractivity contribution in [3.8, 4) is 0 Å². The fraction of sp³-hybridized carbons (Fsp3) is 0.0714. The number of aryl methyl sites for hydroxylation is 1. The van der Waals surface area contributed by atoms with Crippen molar-refractivity contribution >= 4 is 40.3 Å². The quantitative estimate of drug-likeness (QED) is 0.547. The monoisotopic (exact) mass is 280 g/mol. The van der Waals surface area contributed by atoms with Crippen LogP contribution in [-0.2, 0) is 0 Å². The molecule has 2 aromatic carbocycles. The number of benzene rings is 2. The molecule has 0 N–H and O–H groups in total. The van der Waals surface area contributed by atoms with Crippen LogP contribution in [0.3, 0.4) is 0 Å². The highest BCUT2D eigenvalue weighted by atomic mass is 35.5. The van der Waals surface area contributed by atoms with E-state index in [4.69, 9.17) is 35.4 Å². The van der Waals surface area contributed by atoms with Gasteiger partial charge >= 0.3 is 0 Å². The summed E-state index contributed by atoms with van der Waals surface area (Å²) in [4.78, 5) is 0.754. The van der Waals surface area contributed by atoms with Gasteiger partial charge in [-0.15, -0.1) is 0 Å². The molecule has 0 radical (unpaired) electrons. The molecule has 0 nitrogen and oxygen atoms in total. The standard InChI is InChI=1S/C14H10Cl2S/c1-9-8-10(15)6-7-11(9)14(17)12-4-2-3-5-13(12)16/h2-8H,1H3. The maximum atomic E-state index is 6.14. The third-order valence-corrected chi connectivity index (χ3v) is 3.56. The van der Waals surface area contributed by atoms with Gasteiger partial charge in [0, 0.05) is 15.6 Å². The van der Waals surface area contributed by atoms with Crippen LogP contribution in [0.25, 0.3) is 0 Å². The van der Waals surface area contributed by atoms with E-state index in [1.807, 2.05) is 49.4 Å². The molecule has 0 heterocycles. The molecule has 0 bridgehead atoms. The molecular weight excluding hydrogens is 271 g/mol. The van der Waals surface area contributed by atoms with Gasteiger partial charge in [0.15, 0.2) is 0 Å². The minimum Gasteiger partial charge on any atom is -0.0843 e. The molecule has 0 aliphatic heterocycles. The van der Waals surface area contributed by atoms with E-state index >= 15 is 0 Å². The van der Waals surface area contributed by atoms with E-state index in [1.54, 1.807) is 0 Å². The fourth-order valence-electron chi connectivity index (χ4n) is 1.67. The smallest absolute Gasteiger partial charge is 0.0539 e. The van der Waals surface area contributed by atoms with Crippen LogP contribution in [0.4, 0.5) is 0 Å². The van der Waals surface area contributed by atoms with Crippen molar-refractivity contribution in [1.29, 1.82) is 0 Å². The van der Waals surface area contributed by atoms with Gasteiger partial charge in [0.1, 0.15) is 0 Å². The minimum atomic E-state index is 0.673. The van der Waals surface area contributed by atoms with Gasteiger partial charge in [-0.05, 0) is 36.2 Å². The molecule has 86 valence electrons. The van der Waals surface area contributed by atoms with Gasteiger partial charge in [-0.3, -0.25) is 0 Å². The largest absolute Gasteiger partial charge is 0.0843 e. The van der Waals surface area contributed by atoms with Crippen molar-refractivity contribution in [3.05, 3.63) is 69.2 Å². The zero-order valence-corrected chi connectivity index (χ0v) is 11.5. The number of hydrogen-bond donors (Lipinski definition) is 0. The van der Waals surface area contributed by atoms with Crippen LogP contribution >= 0.6 is 35.4 Å². The first-order chi connectivity index (χ1) is 8.09. The Morgan fingerprint density at radius 2 is 1.71 bits per heavy atom. The molecule has 0 atom stereocenters. The van der Waals surface area contributed by atoms with Crippen LogP contribution in [-0.4, -0.2) is 4.86 Å². The molecule has 17 heavy (non-hydrogen) atoms. The summed E-state index contributed by atoms with van der Waals surface area (Å²) in [7, 11) is 0. The predicted molar refractivity (Wildman–Crippen MR) is 78.4 cm³/mol. The lowest BCUT2D eigenvalue weighted by molar-refractivity contribution is 1.44. The third kappa shape index (κ3) is 2.68. The highest BCUT2D eigenvalue weighted by molar-refractivity contribution is 7.81. The highest BCUT2D eigenvalue weighted by Crippen LogP contribution is 2.23. The number of rotatable bonds is 2. The van der Waals surface area contributed by atoms with Crippen LogP contribution in [0, 0.1) is 6.92 Å². The van der Waals surface area contributed by atoms with Crippen molar-refractivity contribution in [2.24, 2.45) is 0 Å². The molecule has 0 aromatic heterocycles. The summed E-state index contributed by atoms with van der Waals surface area (Å²) >= 11 is 17.5. The Kier molecular flexibility index (Phi) is 3.82. The van der Waals surface area contributed by atoms with E-state index in [9.17, 15) is 0 Å². The summed E-state index contributed by atoms with van der Waals surface area (Å²) in [6.45, 7) is 1.99. The lowest BCUT2D eigenvalue weighted by atomic mass is 10.0. The SMILES string of the molecule is Cc1cc(Cl)ccc1C(=S)c1ccccc1Cl. The summed E-state index contributed by atoms with van der Waals surface area (Å²) < 4.78 is 0. The van der Waals surface area contributed by atoms with Crippen LogP contribution in [0.2, 0.25) is 10.0 Å². The molecule has 0 spiro atoms. The Morgan fingerprint density at radius 1 is 1.00 bits per heavy atom. The summed E-state index contributed by atoms with van der Waals surface area (Å²) in [5.41, 5.74) is 2.94. The first kappa shape index (κ1) is 12.6. The van der Waals surface area contributed by atoms with E-state index in [0.29, 0.717) is 10.0 Å². The molecule has 0 saturated carbocycles. The van der Waals surface area contributed by atoms with Gasteiger partial charge in [-0.2, -0.15) is 0 Å². The Labute approximate surface area is 116 Å². The lowest BCUT2D eigenvalue weighted by Gasteiger charge is -2.09. The summed E-state index contributed by atoms with van der Waals surface area (Å²) in [6.07, 6.45) is 0. The Morgan fingerprint density at radius 3 is 2.35 bits per heavy atom. The summed E-state index contributed by atoms with van der Waals surface area (Å²) in [6, 6.07) is 13.3. The van der Waals surface area contributed by atoms with Gasteiger partial charge in [0.25, 0.3) is 0 Å². The van der Waals surface area contributed by atoms with E-state index in [-0.39, 0.29) is 0 Å². The fourth-order valence-corrected chi connectivity index (χ4v) is 2.59. The third-order valence-electron chi connectivity index (χ3n) is 2.55. The van der Waals surface area contributed by atoms with E-state index < -0.39 is 0 Å². The summed E-state index contributed by atoms with van der Waals surface area (Å²) in [5.74, 6) is 0. The first-order valence-corrected chi connectivity index (χ1v) is 6.31. The van der Waals surface area contributed by atoms with E-state index in [0.717, 1.165) is 21.6 Å². The highest BCUT2D eigenvalue weighted by Gasteiger charge is 2.10. The number of thiocarbonyl (C=S) groups is 1. The maximum Gasteiger partial charge on any atom is 0.0539 e. The van der Waals surface area contributed by atoms with Gasteiger partial charge in [0.05, 0.1) is 4.86 Å². The maximum absolute atomic E-state index is 6.14. The minimum absolute atomic E-state index is 0.673. The Balaban J connectivity index is 2.48. The van der Waals surface area contributed by atoms with Crippen LogP contribution in [0.15, 0.2) is 42.5 Å². The van der Waals surface area contributed by atoms with Gasteiger partial charge in [0.2, 0.25) is 0 Å². The molecule has 2 rings (SSSR count). The topological polar surface area (TPSA) is 0 Å². The second kappa shape index (κ2) is 5.18. The molecule has 0 amide bonds. The van der Waals surface area contributed by atoms with Gasteiger partial charge < -0.3 is 0 Å². The van der Waals surface area contributed by atoms with Gasteiger partial charge in [-0.1, -0.05) is 59.7 Å². The van der Waals surface area contributed by atoms with Crippen molar-refractivity contribution in [2.45, 2.75) is 6.92 Å². The molecular formula is C14H10Cl2S. The summed E-state index contributed by atoms with van der Waals surface area (Å²) in [5, 5.41) is 1.39. The predicted octanol–water partition coefficient (Wildman–Crippen LogP) is 5.07. The molecule has 0 fully saturated rings. The van der Waals surface area contributed by atoms with E-state index in [1.165, 1.54) is 0 Å². The number of hydrogen-bond acceptors (Lipinski definition) is 1. The van der Waals surface area contributed by atoms with Crippen molar-refractivity contribution in [1.82, 2.24) is 0 Å². The average Bonchev–Trinajstić information content (AvgIpc) is 2.29. The second-order valence-electron chi connectivity index (χ2n) is 3.77. The van der Waals surface area contributed by atoms with Crippen LogP contribution in [0.1, 0.15) is 16.7 Å². The second-order valence-corrected chi connectivity index (χ2v) is 5.02. The van der Waals surface area contributed by atoms with E-state index in [2.05, 4.69) is 0 Å². The van der Waals surface area contributed by atoms with Crippen molar-refractivity contribution < 1.29 is 0 Å². The molecule has 0 unspecified atom stereocenters. The Hall–Kier alpha value is -0.890. The Bertz CT molecular complexity index is 576. The molecule has 3 heteroatoms. The normalized spacial score (nSPS) is 10.3. The average molecular weight is 281 g/mol. The van der Waals surface area contributed by atoms with Crippen molar-refractivity contribution in [2.75, 3.05) is 0 Å². The number of halogens is 2. The van der Waals surface area contributed by atoms with Gasteiger partial charge in [-0.25, -0.2) is 0 Å². The van der Waals surface area contributed by atoms with Crippen LogP contribution < -0.4 is 0 Å².